The van der Waals surface area contributed by atoms with E-state index in [1.54, 1.807) is 11.9 Å². The highest BCUT2D eigenvalue weighted by atomic mass is 16.2. The zero-order chi connectivity index (χ0) is 11.4. The van der Waals surface area contributed by atoms with Gasteiger partial charge in [0, 0.05) is 7.05 Å². The van der Waals surface area contributed by atoms with Gasteiger partial charge in [-0.15, -0.1) is 0 Å². The molecule has 2 amide bonds. The third kappa shape index (κ3) is 1.02. The van der Waals surface area contributed by atoms with Crippen molar-refractivity contribution in [3.8, 4) is 0 Å². The summed E-state index contributed by atoms with van der Waals surface area (Å²) in [5.41, 5.74) is -1.28. The SMILES string of the molecule is CC(C)[C@@]12CC[C@@](C)(NC1=O)C(=O)N2C. The van der Waals surface area contributed by atoms with Crippen LogP contribution < -0.4 is 5.32 Å². The molecule has 0 radical (unpaired) electrons. The lowest BCUT2D eigenvalue weighted by molar-refractivity contribution is -0.172. The normalized spacial score (nSPS) is 39.9. The smallest absolute Gasteiger partial charge is 0.248 e. The van der Waals surface area contributed by atoms with Crippen LogP contribution in [-0.2, 0) is 9.59 Å². The predicted octanol–water partition coefficient (Wildman–Crippen LogP) is 0.522. The zero-order valence-electron chi connectivity index (χ0n) is 9.76. The maximum Gasteiger partial charge on any atom is 0.248 e. The van der Waals surface area contributed by atoms with Crippen molar-refractivity contribution in [2.45, 2.75) is 44.7 Å². The van der Waals surface area contributed by atoms with E-state index in [1.165, 1.54) is 0 Å². The minimum atomic E-state index is -0.664. The van der Waals surface area contributed by atoms with Crippen molar-refractivity contribution >= 4 is 11.8 Å². The summed E-state index contributed by atoms with van der Waals surface area (Å²) in [6, 6.07) is 0. The number of piperazine rings is 1. The Morgan fingerprint density at radius 1 is 1.33 bits per heavy atom. The van der Waals surface area contributed by atoms with Gasteiger partial charge in [-0.3, -0.25) is 9.59 Å². The van der Waals surface area contributed by atoms with Crippen LogP contribution in [-0.4, -0.2) is 34.8 Å². The number of hydrogen-bond donors (Lipinski definition) is 1. The first-order valence-electron chi connectivity index (χ1n) is 5.45. The lowest BCUT2D eigenvalue weighted by Crippen LogP contribution is -2.79. The van der Waals surface area contributed by atoms with Crippen molar-refractivity contribution < 1.29 is 9.59 Å². The molecule has 0 saturated carbocycles. The highest BCUT2D eigenvalue weighted by Crippen LogP contribution is 2.42. The number of carbonyl (C=O) groups excluding carboxylic acids is 2. The monoisotopic (exact) mass is 210 g/mol. The van der Waals surface area contributed by atoms with Crippen molar-refractivity contribution in [3.63, 3.8) is 0 Å². The molecule has 2 bridgehead atoms. The molecule has 0 aliphatic carbocycles. The van der Waals surface area contributed by atoms with Gasteiger partial charge in [-0.2, -0.15) is 0 Å². The van der Waals surface area contributed by atoms with Crippen molar-refractivity contribution in [2.75, 3.05) is 7.05 Å². The van der Waals surface area contributed by atoms with Gasteiger partial charge < -0.3 is 10.2 Å². The van der Waals surface area contributed by atoms with Crippen LogP contribution >= 0.6 is 0 Å². The lowest BCUT2D eigenvalue weighted by Gasteiger charge is -2.57. The second kappa shape index (κ2) is 2.74. The van der Waals surface area contributed by atoms with Crippen LogP contribution in [0.15, 0.2) is 0 Å². The molecule has 3 rings (SSSR count). The second-order valence-corrected chi connectivity index (χ2v) is 5.23. The van der Waals surface area contributed by atoms with E-state index in [0.717, 1.165) is 12.8 Å². The van der Waals surface area contributed by atoms with Gasteiger partial charge in [0.15, 0.2) is 0 Å². The number of nitrogens with one attached hydrogen (secondary N) is 1. The minimum Gasteiger partial charge on any atom is -0.340 e. The first kappa shape index (κ1) is 10.5. The first-order valence-corrected chi connectivity index (χ1v) is 5.45. The Morgan fingerprint density at radius 2 is 1.93 bits per heavy atom. The van der Waals surface area contributed by atoms with Crippen molar-refractivity contribution in [1.29, 1.82) is 0 Å². The summed E-state index contributed by atoms with van der Waals surface area (Å²) in [4.78, 5) is 25.8. The van der Waals surface area contributed by atoms with Gasteiger partial charge in [0.2, 0.25) is 11.8 Å². The summed E-state index contributed by atoms with van der Waals surface area (Å²) in [7, 11) is 1.75. The maximum atomic E-state index is 12.1. The Morgan fingerprint density at radius 3 is 2.40 bits per heavy atom. The summed E-state index contributed by atoms with van der Waals surface area (Å²) in [6.07, 6.45) is 1.52. The molecule has 0 aromatic carbocycles. The van der Waals surface area contributed by atoms with Crippen molar-refractivity contribution in [2.24, 2.45) is 5.92 Å². The van der Waals surface area contributed by atoms with Gasteiger partial charge in [0.05, 0.1) is 0 Å². The van der Waals surface area contributed by atoms with Crippen LogP contribution in [0, 0.1) is 5.92 Å². The predicted molar refractivity (Wildman–Crippen MR) is 56.1 cm³/mol. The number of nitrogens with zero attached hydrogens (tertiary/aromatic N) is 1. The molecule has 0 unspecified atom stereocenters. The molecule has 1 N–H and O–H groups in total. The van der Waals surface area contributed by atoms with Crippen LogP contribution in [0.25, 0.3) is 0 Å². The summed E-state index contributed by atoms with van der Waals surface area (Å²) < 4.78 is 0. The Balaban J connectivity index is 2.49. The second-order valence-electron chi connectivity index (χ2n) is 5.23. The van der Waals surface area contributed by atoms with E-state index >= 15 is 0 Å². The summed E-state index contributed by atoms with van der Waals surface area (Å²) >= 11 is 0. The van der Waals surface area contributed by atoms with Gasteiger partial charge in [-0.1, -0.05) is 13.8 Å². The van der Waals surface area contributed by atoms with Crippen LogP contribution in [0.4, 0.5) is 0 Å². The van der Waals surface area contributed by atoms with E-state index in [-0.39, 0.29) is 17.7 Å². The highest BCUT2D eigenvalue weighted by molar-refractivity contribution is 6.03. The van der Waals surface area contributed by atoms with Crippen molar-refractivity contribution in [3.05, 3.63) is 0 Å². The Bertz CT molecular complexity index is 339. The lowest BCUT2D eigenvalue weighted by atomic mass is 9.68. The van der Waals surface area contributed by atoms with Gasteiger partial charge >= 0.3 is 0 Å². The molecule has 0 aromatic heterocycles. The Kier molecular flexibility index (Phi) is 1.91. The molecule has 3 fully saturated rings. The quantitative estimate of drug-likeness (QED) is 0.686. The molecule has 0 aromatic rings. The molecular formula is C11H18N2O2. The number of rotatable bonds is 1. The van der Waals surface area contributed by atoms with Crippen LogP contribution in [0.2, 0.25) is 0 Å². The summed E-state index contributed by atoms with van der Waals surface area (Å²) in [5, 5.41) is 2.86. The first-order chi connectivity index (χ1) is 6.84. The molecule has 84 valence electrons. The Labute approximate surface area is 90.0 Å². The molecule has 4 heteroatoms. The van der Waals surface area contributed by atoms with E-state index in [1.807, 2.05) is 20.8 Å². The van der Waals surface area contributed by atoms with Gasteiger partial charge in [-0.05, 0) is 25.7 Å². The number of carbonyl (C=O) groups is 2. The minimum absolute atomic E-state index is 0.00773. The van der Waals surface area contributed by atoms with E-state index in [0.29, 0.717) is 0 Å². The number of fused-ring (bicyclic) bond motifs is 3. The van der Waals surface area contributed by atoms with Gasteiger partial charge in [-0.25, -0.2) is 0 Å². The van der Waals surface area contributed by atoms with E-state index in [2.05, 4.69) is 5.32 Å². The molecular weight excluding hydrogens is 192 g/mol. The number of piperidine rings is 2. The Hall–Kier alpha value is -1.06. The number of amides is 2. The van der Waals surface area contributed by atoms with E-state index in [9.17, 15) is 9.59 Å². The molecule has 0 spiro atoms. The zero-order valence-corrected chi connectivity index (χ0v) is 9.76. The molecule has 2 atom stereocenters. The topological polar surface area (TPSA) is 49.4 Å². The number of hydrogen-bond acceptors (Lipinski definition) is 2. The molecule has 3 saturated heterocycles. The third-order valence-electron chi connectivity index (χ3n) is 4.12. The fourth-order valence-electron chi connectivity index (χ4n) is 2.95. The summed E-state index contributed by atoms with van der Waals surface area (Å²) in [5.74, 6) is 0.201. The van der Waals surface area contributed by atoms with Crippen LogP contribution in [0.1, 0.15) is 33.6 Å². The largest absolute Gasteiger partial charge is 0.340 e. The van der Waals surface area contributed by atoms with Crippen LogP contribution in [0.3, 0.4) is 0 Å². The average Bonchev–Trinajstić information content (AvgIpc) is 2.13. The third-order valence-corrected chi connectivity index (χ3v) is 4.12. The maximum absolute atomic E-state index is 12.1. The molecule has 3 aliphatic rings. The molecule has 4 nitrogen and oxygen atoms in total. The molecule has 3 heterocycles. The average molecular weight is 210 g/mol. The van der Waals surface area contributed by atoms with Crippen LogP contribution in [0.5, 0.6) is 0 Å². The summed E-state index contributed by atoms with van der Waals surface area (Å²) in [6.45, 7) is 5.81. The molecule has 15 heavy (non-hydrogen) atoms. The molecule has 3 aliphatic heterocycles. The van der Waals surface area contributed by atoms with Gasteiger partial charge in [0.25, 0.3) is 0 Å². The van der Waals surface area contributed by atoms with E-state index < -0.39 is 11.1 Å². The standard InChI is InChI=1S/C11H18N2O2/c1-7(2)11-6-5-10(3,12-8(11)14)9(15)13(11)4/h7H,5-6H2,1-4H3,(H,12,14)/t10-,11+/m1/s1. The fraction of sp³-hybridized carbons (Fsp3) is 0.818. The van der Waals surface area contributed by atoms with Crippen molar-refractivity contribution in [1.82, 2.24) is 10.2 Å². The van der Waals surface area contributed by atoms with Gasteiger partial charge in [0.1, 0.15) is 11.1 Å². The van der Waals surface area contributed by atoms with E-state index in [4.69, 9.17) is 0 Å². The highest BCUT2D eigenvalue weighted by Gasteiger charge is 2.61. The fourth-order valence-corrected chi connectivity index (χ4v) is 2.95. The number of likely N-dealkylation sites (N-methyl/N-ethyl adjacent to an activating group) is 1.